The maximum Gasteiger partial charge on any atom is 0.329 e. The van der Waals surface area contributed by atoms with Crippen LogP contribution in [0, 0.1) is 11.8 Å². The van der Waals surface area contributed by atoms with E-state index in [0.717, 1.165) is 26.4 Å². The lowest BCUT2D eigenvalue weighted by Gasteiger charge is -2.33. The summed E-state index contributed by atoms with van der Waals surface area (Å²) in [5, 5.41) is 4.25. The minimum atomic E-state index is -2.57. The summed E-state index contributed by atoms with van der Waals surface area (Å²) in [5.41, 5.74) is 1.86. The number of hydrogen-bond acceptors (Lipinski definition) is 6. The van der Waals surface area contributed by atoms with E-state index in [1.165, 1.54) is 18.0 Å². The van der Waals surface area contributed by atoms with E-state index in [1.54, 1.807) is 31.5 Å². The molecule has 1 aromatic heterocycles. The standard InChI is InChI=1S/C27H21ClF2N4O3S/c1-37-15-4-5-20(28)17(7-15)23-8-21-24(38-23)25(35)34(26(36)32-21)22-10-31-9-13-2-3-14(6-16(13)22)33-11-18-19(12-33)27(18,29)30/h2-10,18-19,21,24H,11-12H2,1H3,(H,32,36). The molecule has 4 heterocycles. The number of carbonyl (C=O) groups excluding carboxylic acids is 2. The van der Waals surface area contributed by atoms with Gasteiger partial charge in [-0.15, -0.1) is 11.8 Å². The normalized spacial score (nSPS) is 27.2. The Morgan fingerprint density at radius 3 is 2.68 bits per heavy atom. The third-order valence-corrected chi connectivity index (χ3v) is 9.52. The van der Waals surface area contributed by atoms with E-state index in [2.05, 4.69) is 10.3 Å². The molecule has 194 valence electrons. The van der Waals surface area contributed by atoms with E-state index in [0.29, 0.717) is 21.8 Å². The van der Waals surface area contributed by atoms with Crippen LogP contribution in [0.25, 0.3) is 15.7 Å². The summed E-state index contributed by atoms with van der Waals surface area (Å²) in [6.45, 7) is 0.572. The number of nitrogens with zero attached hydrogens (tertiary/aromatic N) is 3. The van der Waals surface area contributed by atoms with Gasteiger partial charge in [0.15, 0.2) is 0 Å². The molecule has 4 unspecified atom stereocenters. The fraction of sp³-hybridized carbons (Fsp3) is 0.296. The zero-order valence-corrected chi connectivity index (χ0v) is 21.6. The van der Waals surface area contributed by atoms with Crippen LogP contribution < -0.4 is 19.9 Å². The van der Waals surface area contributed by atoms with Gasteiger partial charge >= 0.3 is 6.03 Å². The molecule has 0 radical (unpaired) electrons. The van der Waals surface area contributed by atoms with Gasteiger partial charge in [-0.2, -0.15) is 0 Å². The number of alkyl halides is 2. The van der Waals surface area contributed by atoms with Crippen molar-refractivity contribution in [2.75, 3.05) is 30.0 Å². The molecule has 1 N–H and O–H groups in total. The molecule has 3 aromatic rings. The second-order valence-corrected chi connectivity index (χ2v) is 11.5. The number of pyridine rings is 1. The highest BCUT2D eigenvalue weighted by Crippen LogP contribution is 2.59. The van der Waals surface area contributed by atoms with Gasteiger partial charge in [-0.05, 0) is 36.4 Å². The Kier molecular flexibility index (Phi) is 5.19. The van der Waals surface area contributed by atoms with Crippen molar-refractivity contribution in [2.24, 2.45) is 11.8 Å². The van der Waals surface area contributed by atoms with Gasteiger partial charge < -0.3 is 15.0 Å². The fourth-order valence-electron chi connectivity index (χ4n) is 5.69. The Labute approximate surface area is 225 Å². The maximum atomic E-state index is 13.7. The van der Waals surface area contributed by atoms with Crippen LogP contribution in [0.4, 0.5) is 25.0 Å². The average Bonchev–Trinajstić information content (AvgIpc) is 3.31. The monoisotopic (exact) mass is 554 g/mol. The Bertz CT molecular complexity index is 1550. The number of halogens is 3. The quantitative estimate of drug-likeness (QED) is 0.479. The number of thioether (sulfide) groups is 1. The van der Waals surface area contributed by atoms with Gasteiger partial charge in [0.25, 0.3) is 11.8 Å². The molecule has 7 rings (SSSR count). The van der Waals surface area contributed by atoms with Crippen molar-refractivity contribution >= 4 is 62.4 Å². The number of nitrogens with one attached hydrogen (secondary N) is 1. The third kappa shape index (κ3) is 3.50. The minimum Gasteiger partial charge on any atom is -0.497 e. The molecule has 4 aliphatic rings. The summed E-state index contributed by atoms with van der Waals surface area (Å²) in [6.07, 6.45) is 4.99. The SMILES string of the molecule is COc1ccc(Cl)c(C2=CC3NC(=O)N(c4cncc5ccc(N6CC7C(C6)C7(F)F)cc45)C(=O)C3S2)c1. The van der Waals surface area contributed by atoms with Gasteiger partial charge in [0.05, 0.1) is 36.9 Å². The summed E-state index contributed by atoms with van der Waals surface area (Å²) in [5.74, 6) is -3.52. The Hall–Kier alpha value is -3.37. The molecular formula is C27H21ClF2N4O3S. The number of urea groups is 1. The number of piperidine rings is 1. The van der Waals surface area contributed by atoms with Gasteiger partial charge in [0.1, 0.15) is 11.0 Å². The van der Waals surface area contributed by atoms with Crippen LogP contribution >= 0.6 is 23.4 Å². The lowest BCUT2D eigenvalue weighted by molar-refractivity contribution is -0.118. The molecule has 7 nitrogen and oxygen atoms in total. The highest BCUT2D eigenvalue weighted by atomic mass is 35.5. The van der Waals surface area contributed by atoms with Crippen LogP contribution in [-0.4, -0.2) is 54.3 Å². The van der Waals surface area contributed by atoms with E-state index >= 15 is 0 Å². The van der Waals surface area contributed by atoms with Crippen LogP contribution in [0.1, 0.15) is 5.56 Å². The second-order valence-electron chi connectivity index (χ2n) is 9.92. The smallest absolute Gasteiger partial charge is 0.329 e. The summed E-state index contributed by atoms with van der Waals surface area (Å²) in [6, 6.07) is 9.81. The number of ether oxygens (including phenoxy) is 1. The zero-order chi connectivity index (χ0) is 26.3. The fourth-order valence-corrected chi connectivity index (χ4v) is 7.26. The number of imide groups is 1. The molecule has 3 amide bonds. The molecule has 11 heteroatoms. The molecule has 1 aliphatic carbocycles. The maximum absolute atomic E-state index is 13.7. The van der Waals surface area contributed by atoms with Crippen LogP contribution in [0.2, 0.25) is 5.02 Å². The van der Waals surface area contributed by atoms with Gasteiger partial charge in [-0.1, -0.05) is 17.7 Å². The number of aromatic nitrogens is 1. The van der Waals surface area contributed by atoms with Crippen molar-refractivity contribution in [1.29, 1.82) is 0 Å². The van der Waals surface area contributed by atoms with Gasteiger partial charge in [-0.25, -0.2) is 18.5 Å². The number of hydrogen-bond donors (Lipinski definition) is 1. The lowest BCUT2D eigenvalue weighted by atomic mass is 10.1. The topological polar surface area (TPSA) is 74.8 Å². The first-order valence-corrected chi connectivity index (χ1v) is 13.4. The molecule has 0 bridgehead atoms. The minimum absolute atomic E-state index is 0.286. The highest BCUT2D eigenvalue weighted by Gasteiger charge is 2.71. The van der Waals surface area contributed by atoms with E-state index in [1.807, 2.05) is 29.2 Å². The van der Waals surface area contributed by atoms with E-state index in [9.17, 15) is 18.4 Å². The summed E-state index contributed by atoms with van der Waals surface area (Å²) in [7, 11) is 1.57. The average molecular weight is 555 g/mol. The predicted molar refractivity (Wildman–Crippen MR) is 143 cm³/mol. The van der Waals surface area contributed by atoms with Gasteiger partial charge in [0, 0.05) is 51.2 Å². The number of amides is 3. The number of methoxy groups -OCH3 is 1. The number of fused-ring (bicyclic) bond motifs is 3. The van der Waals surface area contributed by atoms with E-state index < -0.39 is 35.1 Å². The molecular weight excluding hydrogens is 534 g/mol. The molecule has 38 heavy (non-hydrogen) atoms. The lowest BCUT2D eigenvalue weighted by Crippen LogP contribution is -2.60. The van der Waals surface area contributed by atoms with Crippen LogP contribution in [0.15, 0.2) is 54.9 Å². The van der Waals surface area contributed by atoms with E-state index in [-0.39, 0.29) is 19.0 Å². The van der Waals surface area contributed by atoms with Crippen LogP contribution in [0.5, 0.6) is 5.75 Å². The largest absolute Gasteiger partial charge is 0.497 e. The summed E-state index contributed by atoms with van der Waals surface area (Å²) in [4.78, 5) is 35.1. The number of rotatable bonds is 4. The van der Waals surface area contributed by atoms with Crippen LogP contribution in [0.3, 0.4) is 0 Å². The van der Waals surface area contributed by atoms with Gasteiger partial charge in [-0.3, -0.25) is 9.78 Å². The van der Waals surface area contributed by atoms with Crippen molar-refractivity contribution in [3.8, 4) is 5.75 Å². The molecule has 4 atom stereocenters. The molecule has 2 saturated heterocycles. The number of carbonyl (C=O) groups is 2. The second kappa shape index (κ2) is 8.31. The molecule has 1 saturated carbocycles. The summed E-state index contributed by atoms with van der Waals surface area (Å²) >= 11 is 7.77. The molecule has 0 spiro atoms. The Morgan fingerprint density at radius 1 is 1.13 bits per heavy atom. The van der Waals surface area contributed by atoms with Crippen LogP contribution in [-0.2, 0) is 4.79 Å². The summed E-state index contributed by atoms with van der Waals surface area (Å²) < 4.78 is 32.8. The van der Waals surface area contributed by atoms with Crippen molar-refractivity contribution < 1.29 is 23.1 Å². The van der Waals surface area contributed by atoms with E-state index in [4.69, 9.17) is 16.3 Å². The first kappa shape index (κ1) is 23.7. The Morgan fingerprint density at radius 2 is 1.92 bits per heavy atom. The first-order chi connectivity index (χ1) is 18.3. The third-order valence-electron chi connectivity index (χ3n) is 7.84. The van der Waals surface area contributed by atoms with Crippen molar-refractivity contribution in [1.82, 2.24) is 10.3 Å². The molecule has 3 fully saturated rings. The zero-order valence-electron chi connectivity index (χ0n) is 20.0. The highest BCUT2D eigenvalue weighted by molar-refractivity contribution is 8.09. The Balaban J connectivity index is 1.20. The van der Waals surface area contributed by atoms with Crippen molar-refractivity contribution in [3.05, 3.63) is 65.5 Å². The number of anilines is 2. The van der Waals surface area contributed by atoms with Gasteiger partial charge in [0.2, 0.25) is 0 Å². The molecule has 3 aliphatic heterocycles. The molecule has 2 aromatic carbocycles. The number of benzene rings is 2. The van der Waals surface area contributed by atoms with Crippen molar-refractivity contribution in [3.63, 3.8) is 0 Å². The first-order valence-electron chi connectivity index (χ1n) is 12.1. The predicted octanol–water partition coefficient (Wildman–Crippen LogP) is 5.18. The van der Waals surface area contributed by atoms with Crippen molar-refractivity contribution in [2.45, 2.75) is 17.2 Å².